The summed E-state index contributed by atoms with van der Waals surface area (Å²) in [6, 6.07) is 46.4. The van der Waals surface area contributed by atoms with E-state index >= 15 is 0 Å². The maximum absolute atomic E-state index is 11.3. The van der Waals surface area contributed by atoms with Crippen LogP contribution in [0.3, 0.4) is 0 Å². The highest BCUT2D eigenvalue weighted by Crippen LogP contribution is 2.40. The molecule has 46 heavy (non-hydrogen) atoms. The molecule has 0 saturated carbocycles. The molecule has 6 aromatic carbocycles. The molecule has 6 rings (SSSR count). The number of ether oxygens (including phenoxy) is 1. The molecule has 4 heteroatoms. The summed E-state index contributed by atoms with van der Waals surface area (Å²) in [5, 5.41) is 0. The van der Waals surface area contributed by atoms with Gasteiger partial charge in [0, 0.05) is 39.7 Å². The third-order valence-corrected chi connectivity index (χ3v) is 8.39. The van der Waals surface area contributed by atoms with Crippen LogP contribution < -0.4 is 14.5 Å². The lowest BCUT2D eigenvalue weighted by Gasteiger charge is -2.28. The minimum absolute atomic E-state index is 0.659. The van der Waals surface area contributed by atoms with Crippen LogP contribution in [0.4, 0.5) is 34.1 Å². The van der Waals surface area contributed by atoms with E-state index < -0.39 is 0 Å². The highest BCUT2D eigenvalue weighted by atomic mass is 16.5. The molecular formula is C42H38N2O2. The zero-order valence-electron chi connectivity index (χ0n) is 27.0. The van der Waals surface area contributed by atoms with Crippen molar-refractivity contribution in [3.63, 3.8) is 0 Å². The second-order valence-corrected chi connectivity index (χ2v) is 11.8. The molecule has 0 saturated heterocycles. The molecular weight excluding hydrogens is 564 g/mol. The minimum Gasteiger partial charge on any atom is -0.497 e. The summed E-state index contributed by atoms with van der Waals surface area (Å²) in [6.45, 7) is 8.53. The van der Waals surface area contributed by atoms with Gasteiger partial charge in [-0.3, -0.25) is 4.79 Å². The van der Waals surface area contributed by atoms with Crippen molar-refractivity contribution in [1.29, 1.82) is 0 Å². The van der Waals surface area contributed by atoms with Crippen molar-refractivity contribution in [2.24, 2.45) is 0 Å². The van der Waals surface area contributed by atoms with Crippen LogP contribution in [0.1, 0.15) is 32.6 Å². The Bertz CT molecular complexity index is 1960. The Hall–Kier alpha value is -5.61. The normalized spacial score (nSPS) is 10.8. The number of aldehydes is 1. The molecule has 0 amide bonds. The molecule has 0 heterocycles. The van der Waals surface area contributed by atoms with Gasteiger partial charge in [-0.25, -0.2) is 0 Å². The Morgan fingerprint density at radius 2 is 0.848 bits per heavy atom. The van der Waals surface area contributed by atoms with Crippen molar-refractivity contribution in [3.8, 4) is 16.9 Å². The first kappa shape index (κ1) is 30.4. The van der Waals surface area contributed by atoms with Crippen molar-refractivity contribution < 1.29 is 9.53 Å². The number of aryl methyl sites for hydroxylation is 4. The molecule has 0 aliphatic rings. The molecule has 0 fully saturated rings. The van der Waals surface area contributed by atoms with Crippen LogP contribution in [0.2, 0.25) is 0 Å². The van der Waals surface area contributed by atoms with E-state index in [0.29, 0.717) is 5.56 Å². The molecule has 0 N–H and O–H groups in total. The number of carbonyl (C=O) groups excluding carboxylic acids is 1. The van der Waals surface area contributed by atoms with Crippen LogP contribution in [0.15, 0.2) is 133 Å². The zero-order valence-corrected chi connectivity index (χ0v) is 27.0. The summed E-state index contributed by atoms with van der Waals surface area (Å²) in [4.78, 5) is 15.9. The highest BCUT2D eigenvalue weighted by Gasteiger charge is 2.17. The van der Waals surface area contributed by atoms with Gasteiger partial charge in [0.05, 0.1) is 7.11 Å². The smallest absolute Gasteiger partial charge is 0.150 e. The average Bonchev–Trinajstić information content (AvgIpc) is 3.08. The first-order chi connectivity index (χ1) is 22.3. The average molecular weight is 603 g/mol. The van der Waals surface area contributed by atoms with E-state index in [0.717, 1.165) is 57.3 Å². The van der Waals surface area contributed by atoms with Crippen molar-refractivity contribution in [2.45, 2.75) is 27.7 Å². The molecule has 0 bridgehead atoms. The van der Waals surface area contributed by atoms with Gasteiger partial charge in [-0.2, -0.15) is 0 Å². The van der Waals surface area contributed by atoms with Crippen LogP contribution in [-0.4, -0.2) is 13.4 Å². The Balaban J connectivity index is 1.34. The van der Waals surface area contributed by atoms with E-state index in [1.807, 2.05) is 36.4 Å². The van der Waals surface area contributed by atoms with E-state index in [2.05, 4.69) is 135 Å². The number of methoxy groups -OCH3 is 1. The van der Waals surface area contributed by atoms with Crippen molar-refractivity contribution >= 4 is 40.4 Å². The molecule has 0 unspecified atom stereocenters. The maximum atomic E-state index is 11.3. The lowest BCUT2D eigenvalue weighted by atomic mass is 10.0. The van der Waals surface area contributed by atoms with Crippen molar-refractivity contribution in [2.75, 3.05) is 16.9 Å². The standard InChI is InChI=1S/C42H38N2O2/c1-29-6-24-41(31(3)26-29)43(36-14-8-33(28-45)9-15-36)37-16-10-34(11-17-37)35-12-18-38(19-13-35)44(39-20-22-40(46-5)23-21-39)42-25-7-30(2)27-32(42)4/h6-28H,1-5H3. The zero-order chi connectivity index (χ0) is 32.2. The topological polar surface area (TPSA) is 32.8 Å². The third kappa shape index (κ3) is 6.29. The number of hydrogen-bond acceptors (Lipinski definition) is 4. The van der Waals surface area contributed by atoms with Gasteiger partial charge < -0.3 is 14.5 Å². The summed E-state index contributed by atoms with van der Waals surface area (Å²) < 4.78 is 5.42. The van der Waals surface area contributed by atoms with Gasteiger partial charge >= 0.3 is 0 Å². The maximum Gasteiger partial charge on any atom is 0.150 e. The number of benzene rings is 6. The SMILES string of the molecule is COc1ccc(N(c2ccc(-c3ccc(N(c4ccc(C=O)cc4)c4ccc(C)cc4C)cc3)cc2)c2ccc(C)cc2C)cc1. The first-order valence-corrected chi connectivity index (χ1v) is 15.5. The van der Waals surface area contributed by atoms with Crippen LogP contribution in [0, 0.1) is 27.7 Å². The Morgan fingerprint density at radius 1 is 0.478 bits per heavy atom. The van der Waals surface area contributed by atoms with Gasteiger partial charge in [-0.1, -0.05) is 59.7 Å². The highest BCUT2D eigenvalue weighted by molar-refractivity contribution is 5.83. The van der Waals surface area contributed by atoms with Crippen LogP contribution in [0.5, 0.6) is 5.75 Å². The van der Waals surface area contributed by atoms with Gasteiger partial charge in [0.15, 0.2) is 0 Å². The summed E-state index contributed by atoms with van der Waals surface area (Å²) in [5.74, 6) is 0.831. The molecule has 0 atom stereocenters. The van der Waals surface area contributed by atoms with Gasteiger partial charge in [-0.15, -0.1) is 0 Å². The number of hydrogen-bond donors (Lipinski definition) is 0. The number of nitrogens with zero attached hydrogens (tertiary/aromatic N) is 2. The largest absolute Gasteiger partial charge is 0.497 e. The summed E-state index contributed by atoms with van der Waals surface area (Å²) in [7, 11) is 1.69. The Labute approximate surface area is 272 Å². The molecule has 0 radical (unpaired) electrons. The fraction of sp³-hybridized carbons (Fsp3) is 0.119. The minimum atomic E-state index is 0.659. The van der Waals surface area contributed by atoms with Gasteiger partial charge in [0.1, 0.15) is 12.0 Å². The fourth-order valence-electron chi connectivity index (χ4n) is 6.01. The molecule has 6 aromatic rings. The molecule has 0 aliphatic heterocycles. The molecule has 0 aromatic heterocycles. The van der Waals surface area contributed by atoms with E-state index in [1.165, 1.54) is 22.3 Å². The van der Waals surface area contributed by atoms with Gasteiger partial charge in [0.2, 0.25) is 0 Å². The predicted octanol–water partition coefficient (Wildman–Crippen LogP) is 11.3. The monoisotopic (exact) mass is 602 g/mol. The summed E-state index contributed by atoms with van der Waals surface area (Å²) in [5.41, 5.74) is 14.2. The second kappa shape index (κ2) is 13.2. The number of carbonyl (C=O) groups is 1. The lowest BCUT2D eigenvalue weighted by molar-refractivity contribution is 0.112. The van der Waals surface area contributed by atoms with Gasteiger partial charge in [-0.05, 0) is 135 Å². The lowest BCUT2D eigenvalue weighted by Crippen LogP contribution is -2.11. The van der Waals surface area contributed by atoms with Crippen molar-refractivity contribution in [1.82, 2.24) is 0 Å². The fourth-order valence-corrected chi connectivity index (χ4v) is 6.01. The molecule has 0 spiro atoms. The molecule has 0 aliphatic carbocycles. The summed E-state index contributed by atoms with van der Waals surface area (Å²) >= 11 is 0. The van der Waals surface area contributed by atoms with Crippen molar-refractivity contribution in [3.05, 3.63) is 161 Å². The third-order valence-electron chi connectivity index (χ3n) is 8.39. The van der Waals surface area contributed by atoms with Crippen LogP contribution in [0.25, 0.3) is 11.1 Å². The Kier molecular flexibility index (Phi) is 8.71. The van der Waals surface area contributed by atoms with Gasteiger partial charge in [0.25, 0.3) is 0 Å². The second-order valence-electron chi connectivity index (χ2n) is 11.8. The van der Waals surface area contributed by atoms with E-state index in [9.17, 15) is 4.79 Å². The van der Waals surface area contributed by atoms with Crippen LogP contribution in [-0.2, 0) is 0 Å². The molecule has 4 nitrogen and oxygen atoms in total. The quantitative estimate of drug-likeness (QED) is 0.154. The van der Waals surface area contributed by atoms with Crippen LogP contribution >= 0.6 is 0 Å². The predicted molar refractivity (Wildman–Crippen MR) is 192 cm³/mol. The van der Waals surface area contributed by atoms with E-state index in [1.54, 1.807) is 7.11 Å². The number of rotatable bonds is 9. The van der Waals surface area contributed by atoms with E-state index in [4.69, 9.17) is 4.74 Å². The number of anilines is 6. The van der Waals surface area contributed by atoms with E-state index in [-0.39, 0.29) is 0 Å². The summed E-state index contributed by atoms with van der Waals surface area (Å²) in [6.07, 6.45) is 0.878. The molecule has 228 valence electrons. The first-order valence-electron chi connectivity index (χ1n) is 15.5. The Morgan fingerprint density at radius 3 is 1.20 bits per heavy atom.